The van der Waals surface area contributed by atoms with Crippen molar-refractivity contribution >= 4 is 15.9 Å². The van der Waals surface area contributed by atoms with Gasteiger partial charge in [0.1, 0.15) is 12.1 Å². The Hall–Kier alpha value is -2.87. The summed E-state index contributed by atoms with van der Waals surface area (Å²) < 4.78 is 18.0. The molecule has 3 aromatic heterocycles. The van der Waals surface area contributed by atoms with Gasteiger partial charge in [-0.1, -0.05) is 6.92 Å². The minimum Gasteiger partial charge on any atom is -0.271 e. The molecule has 8 heteroatoms. The van der Waals surface area contributed by atoms with Gasteiger partial charge < -0.3 is 0 Å². The maximum absolute atomic E-state index is 13.3. The lowest BCUT2D eigenvalue weighted by Gasteiger charge is -2.08. The van der Waals surface area contributed by atoms with E-state index in [-0.39, 0.29) is 5.82 Å². The number of hydrogen-bond donors (Lipinski definition) is 0. The summed E-state index contributed by atoms with van der Waals surface area (Å²) in [6.07, 6.45) is 3.00. The molecule has 0 saturated carbocycles. The molecule has 4 rings (SSSR count). The molecule has 0 saturated heterocycles. The van der Waals surface area contributed by atoms with Crippen LogP contribution in [0, 0.1) is 19.7 Å². The monoisotopic (exact) mass is 468 g/mol. The summed E-state index contributed by atoms with van der Waals surface area (Å²) in [6, 6.07) is 8.42. The van der Waals surface area contributed by atoms with Crippen LogP contribution >= 0.6 is 15.9 Å². The molecule has 0 spiro atoms. The van der Waals surface area contributed by atoms with Crippen LogP contribution in [0.4, 0.5) is 4.39 Å². The predicted molar refractivity (Wildman–Crippen MR) is 117 cm³/mol. The third kappa shape index (κ3) is 3.67. The van der Waals surface area contributed by atoms with Crippen LogP contribution in [-0.2, 0) is 19.9 Å². The van der Waals surface area contributed by atoms with E-state index in [1.807, 2.05) is 36.3 Å². The smallest absolute Gasteiger partial charge is 0.157 e. The highest BCUT2D eigenvalue weighted by atomic mass is 79.9. The Morgan fingerprint density at radius 3 is 2.43 bits per heavy atom. The molecule has 0 aliphatic rings. The van der Waals surface area contributed by atoms with E-state index >= 15 is 0 Å². The summed E-state index contributed by atoms with van der Waals surface area (Å²) in [5.41, 5.74) is 6.79. The molecule has 1 aromatic carbocycles. The predicted octanol–water partition coefficient (Wildman–Crippen LogP) is 4.73. The number of nitrogens with zero attached hydrogens (tertiary/aromatic N) is 6. The quantitative estimate of drug-likeness (QED) is 0.424. The number of aryl methyl sites for hydroxylation is 2. The molecule has 154 valence electrons. The third-order valence-corrected chi connectivity index (χ3v) is 6.37. The van der Waals surface area contributed by atoms with Crippen LogP contribution < -0.4 is 0 Å². The highest BCUT2D eigenvalue weighted by molar-refractivity contribution is 9.10. The molecule has 0 N–H and O–H groups in total. The molecule has 4 aromatic rings. The minimum atomic E-state index is -0.253. The second-order valence-electron chi connectivity index (χ2n) is 7.20. The molecule has 6 nitrogen and oxygen atoms in total. The first-order chi connectivity index (χ1) is 14.4. The summed E-state index contributed by atoms with van der Waals surface area (Å²) in [5.74, 6) is 0.475. The van der Waals surface area contributed by atoms with E-state index < -0.39 is 0 Å². The van der Waals surface area contributed by atoms with Crippen LogP contribution in [0.2, 0.25) is 0 Å². The average molecular weight is 469 g/mol. The van der Waals surface area contributed by atoms with Crippen molar-refractivity contribution in [2.24, 2.45) is 7.05 Å². The standard InChI is InChI=1S/C22H22BrFN6/c1-5-18-19(29(4)28-22(18)15-6-8-16(24)9-7-15)10-17-11-20(26-12-25-17)30-14(3)21(23)13(2)27-30/h6-9,11-12H,5,10H2,1-4H3. The van der Waals surface area contributed by atoms with Crippen molar-refractivity contribution in [1.82, 2.24) is 29.5 Å². The molecule has 0 radical (unpaired) electrons. The Bertz CT molecular complexity index is 1210. The van der Waals surface area contributed by atoms with E-state index in [9.17, 15) is 4.39 Å². The van der Waals surface area contributed by atoms with Gasteiger partial charge in [-0.15, -0.1) is 0 Å². The SMILES string of the molecule is CCc1c(-c2ccc(F)cc2)nn(C)c1Cc1cc(-n2nc(C)c(Br)c2C)ncn1. The van der Waals surface area contributed by atoms with E-state index in [0.29, 0.717) is 6.42 Å². The number of aromatic nitrogens is 6. The lowest BCUT2D eigenvalue weighted by Crippen LogP contribution is -2.07. The fourth-order valence-electron chi connectivity index (χ4n) is 3.65. The average Bonchev–Trinajstić information content (AvgIpc) is 3.19. The van der Waals surface area contributed by atoms with Crippen molar-refractivity contribution in [2.75, 3.05) is 0 Å². The molecule has 0 bridgehead atoms. The molecule has 0 aliphatic heterocycles. The highest BCUT2D eigenvalue weighted by Gasteiger charge is 2.18. The van der Waals surface area contributed by atoms with Gasteiger partial charge in [0.2, 0.25) is 0 Å². The summed E-state index contributed by atoms with van der Waals surface area (Å²) in [6.45, 7) is 6.05. The Morgan fingerprint density at radius 1 is 1.07 bits per heavy atom. The van der Waals surface area contributed by atoms with E-state index in [1.165, 1.54) is 12.1 Å². The van der Waals surface area contributed by atoms with Crippen molar-refractivity contribution in [3.05, 3.63) is 75.3 Å². The molecule has 0 aliphatic carbocycles. The summed E-state index contributed by atoms with van der Waals surface area (Å²) in [4.78, 5) is 8.88. The van der Waals surface area contributed by atoms with Gasteiger partial charge in [0.25, 0.3) is 0 Å². The molecule has 0 amide bonds. The van der Waals surface area contributed by atoms with Crippen molar-refractivity contribution in [1.29, 1.82) is 0 Å². The maximum atomic E-state index is 13.3. The lowest BCUT2D eigenvalue weighted by molar-refractivity contribution is 0.628. The van der Waals surface area contributed by atoms with E-state index in [1.54, 1.807) is 18.5 Å². The van der Waals surface area contributed by atoms with E-state index in [2.05, 4.69) is 37.9 Å². The zero-order chi connectivity index (χ0) is 21.4. The van der Waals surface area contributed by atoms with Gasteiger partial charge >= 0.3 is 0 Å². The van der Waals surface area contributed by atoms with Gasteiger partial charge in [-0.05, 0) is 60.5 Å². The minimum absolute atomic E-state index is 0.253. The highest BCUT2D eigenvalue weighted by Crippen LogP contribution is 2.28. The van der Waals surface area contributed by atoms with E-state index in [0.717, 1.165) is 56.3 Å². The number of rotatable bonds is 5. The number of hydrogen-bond acceptors (Lipinski definition) is 4. The first-order valence-corrected chi connectivity index (χ1v) is 10.5. The van der Waals surface area contributed by atoms with Gasteiger partial charge in [-0.3, -0.25) is 4.68 Å². The number of benzene rings is 1. The van der Waals surface area contributed by atoms with Crippen LogP contribution in [0.3, 0.4) is 0 Å². The van der Waals surface area contributed by atoms with Gasteiger partial charge in [0.15, 0.2) is 5.82 Å². The largest absolute Gasteiger partial charge is 0.271 e. The fourth-order valence-corrected chi connectivity index (χ4v) is 3.90. The molecule has 0 atom stereocenters. The second kappa shape index (κ2) is 8.10. The Morgan fingerprint density at radius 2 is 1.80 bits per heavy atom. The zero-order valence-electron chi connectivity index (χ0n) is 17.3. The fraction of sp³-hybridized carbons (Fsp3) is 0.273. The van der Waals surface area contributed by atoms with Crippen LogP contribution in [0.15, 0.2) is 41.1 Å². The maximum Gasteiger partial charge on any atom is 0.157 e. The molecule has 0 fully saturated rings. The Kier molecular flexibility index (Phi) is 5.51. The van der Waals surface area contributed by atoms with Gasteiger partial charge in [-0.2, -0.15) is 10.2 Å². The lowest BCUT2D eigenvalue weighted by atomic mass is 10.0. The third-order valence-electron chi connectivity index (χ3n) is 5.22. The number of halogens is 2. The normalized spacial score (nSPS) is 11.3. The summed E-state index contributed by atoms with van der Waals surface area (Å²) in [5, 5.41) is 9.28. The summed E-state index contributed by atoms with van der Waals surface area (Å²) >= 11 is 3.57. The topological polar surface area (TPSA) is 61.4 Å². The van der Waals surface area contributed by atoms with Crippen LogP contribution in [0.25, 0.3) is 17.1 Å². The van der Waals surface area contributed by atoms with Crippen molar-refractivity contribution < 1.29 is 4.39 Å². The first-order valence-electron chi connectivity index (χ1n) is 9.72. The van der Waals surface area contributed by atoms with E-state index in [4.69, 9.17) is 5.10 Å². The van der Waals surface area contributed by atoms with Crippen LogP contribution in [0.1, 0.15) is 35.3 Å². The zero-order valence-corrected chi connectivity index (χ0v) is 18.9. The molecular weight excluding hydrogens is 447 g/mol. The van der Waals surface area contributed by atoms with Gasteiger partial charge in [-0.25, -0.2) is 19.0 Å². The molecule has 3 heterocycles. The molecule has 30 heavy (non-hydrogen) atoms. The van der Waals surface area contributed by atoms with Crippen LogP contribution in [-0.4, -0.2) is 29.5 Å². The first kappa shape index (κ1) is 20.4. The van der Waals surface area contributed by atoms with Gasteiger partial charge in [0, 0.05) is 36.4 Å². The molecular formula is C22H22BrFN6. The molecule has 0 unspecified atom stereocenters. The van der Waals surface area contributed by atoms with Crippen molar-refractivity contribution in [3.8, 4) is 17.1 Å². The summed E-state index contributed by atoms with van der Waals surface area (Å²) in [7, 11) is 1.93. The second-order valence-corrected chi connectivity index (χ2v) is 7.99. The van der Waals surface area contributed by atoms with Crippen LogP contribution in [0.5, 0.6) is 0 Å². The Labute approximate surface area is 182 Å². The Balaban J connectivity index is 1.71. The van der Waals surface area contributed by atoms with Gasteiger partial charge in [0.05, 0.1) is 27.2 Å². The van der Waals surface area contributed by atoms with Crippen molar-refractivity contribution in [2.45, 2.75) is 33.6 Å². The van der Waals surface area contributed by atoms with Crippen molar-refractivity contribution in [3.63, 3.8) is 0 Å².